The smallest absolute Gasteiger partial charge is 0.0700 e. The minimum atomic E-state index is 0.274. The van der Waals surface area contributed by atoms with Crippen molar-refractivity contribution in [1.82, 2.24) is 10.3 Å². The molecule has 1 aliphatic heterocycles. The lowest BCUT2D eigenvalue weighted by Crippen LogP contribution is -2.18. The quantitative estimate of drug-likeness (QED) is 0.687. The highest BCUT2D eigenvalue weighted by Gasteiger charge is 2.14. The molecule has 1 aliphatic rings. The molecule has 68 valence electrons. The molecule has 1 aromatic rings. The zero-order valence-corrected chi connectivity index (χ0v) is 8.39. The second kappa shape index (κ2) is 3.04. The minimum Gasteiger partial charge on any atom is -0.383 e. The van der Waals surface area contributed by atoms with E-state index in [1.54, 1.807) is 0 Å². The first-order valence-electron chi connectivity index (χ1n) is 4.28. The molecule has 1 unspecified atom stereocenters. The number of nitrogens with one attached hydrogen (secondary N) is 1. The molecule has 0 amide bonds. The second-order valence-electron chi connectivity index (χ2n) is 3.25. The second-order valence-corrected chi connectivity index (χ2v) is 3.66. The Labute approximate surface area is 82.6 Å². The van der Waals surface area contributed by atoms with E-state index in [9.17, 15) is 0 Å². The molecule has 1 N–H and O–H groups in total. The topological polar surface area (TPSA) is 24.9 Å². The molecule has 2 heterocycles. The summed E-state index contributed by atoms with van der Waals surface area (Å²) in [7, 11) is 0. The van der Waals surface area contributed by atoms with E-state index in [2.05, 4.69) is 17.2 Å². The first kappa shape index (κ1) is 8.57. The summed E-state index contributed by atoms with van der Waals surface area (Å²) in [6.07, 6.45) is 3.92. The first-order chi connectivity index (χ1) is 6.18. The number of nitrogens with zero attached hydrogens (tertiary/aromatic N) is 1. The monoisotopic (exact) mass is 194 g/mol. The van der Waals surface area contributed by atoms with Crippen molar-refractivity contribution in [3.05, 3.63) is 34.2 Å². The zero-order valence-electron chi connectivity index (χ0n) is 7.63. The Bertz CT molecular complexity index is 371. The van der Waals surface area contributed by atoms with E-state index in [1.807, 2.05) is 25.3 Å². The van der Waals surface area contributed by atoms with Crippen molar-refractivity contribution in [2.24, 2.45) is 0 Å². The van der Waals surface area contributed by atoms with E-state index in [-0.39, 0.29) is 6.04 Å². The summed E-state index contributed by atoms with van der Waals surface area (Å²) in [6, 6.07) is 2.24. The average molecular weight is 195 g/mol. The number of hydrogen-bond acceptors (Lipinski definition) is 2. The highest BCUT2D eigenvalue weighted by molar-refractivity contribution is 6.31. The van der Waals surface area contributed by atoms with Gasteiger partial charge in [0.1, 0.15) is 0 Å². The summed E-state index contributed by atoms with van der Waals surface area (Å²) >= 11 is 5.98. The van der Waals surface area contributed by atoms with Gasteiger partial charge < -0.3 is 5.32 Å². The Morgan fingerprint density at radius 2 is 2.31 bits per heavy atom. The van der Waals surface area contributed by atoms with Gasteiger partial charge in [-0.15, -0.1) is 0 Å². The minimum absolute atomic E-state index is 0.274. The zero-order chi connectivity index (χ0) is 9.42. The molecular weight excluding hydrogens is 184 g/mol. The van der Waals surface area contributed by atoms with E-state index in [1.165, 1.54) is 0 Å². The summed E-state index contributed by atoms with van der Waals surface area (Å²) in [5, 5.41) is 3.93. The van der Waals surface area contributed by atoms with Crippen LogP contribution in [0.4, 0.5) is 0 Å². The van der Waals surface area contributed by atoms with Gasteiger partial charge in [-0.25, -0.2) is 0 Å². The Balaban J connectivity index is 2.60. The van der Waals surface area contributed by atoms with Crippen molar-refractivity contribution in [3.63, 3.8) is 0 Å². The first-order valence-corrected chi connectivity index (χ1v) is 4.66. The van der Waals surface area contributed by atoms with Crippen LogP contribution in [0.3, 0.4) is 0 Å². The number of aryl methyl sites for hydroxylation is 1. The molecular formula is C10H11ClN2. The summed E-state index contributed by atoms with van der Waals surface area (Å²) < 4.78 is 0. The third-order valence-electron chi connectivity index (χ3n) is 2.23. The normalized spacial score (nSPS) is 19.5. The largest absolute Gasteiger partial charge is 0.383 e. The van der Waals surface area contributed by atoms with Crippen molar-refractivity contribution in [2.75, 3.05) is 0 Å². The standard InChI is InChI=1S/C10H11ClN2/c1-6-9(11)5-8-3-4-12-7(2)10(8)13-6/h3-5,7,12H,1-2H3. The predicted octanol–water partition coefficient (Wildman–Crippen LogP) is 2.68. The van der Waals surface area contributed by atoms with E-state index < -0.39 is 0 Å². The molecule has 0 spiro atoms. The van der Waals surface area contributed by atoms with Crippen LogP contribution >= 0.6 is 11.6 Å². The van der Waals surface area contributed by atoms with Crippen LogP contribution in [-0.2, 0) is 0 Å². The fourth-order valence-corrected chi connectivity index (χ4v) is 1.61. The Morgan fingerprint density at radius 3 is 3.08 bits per heavy atom. The number of pyridine rings is 1. The third-order valence-corrected chi connectivity index (χ3v) is 2.61. The highest BCUT2D eigenvalue weighted by atomic mass is 35.5. The molecule has 13 heavy (non-hydrogen) atoms. The fourth-order valence-electron chi connectivity index (χ4n) is 1.46. The van der Waals surface area contributed by atoms with Crippen LogP contribution in [0.25, 0.3) is 6.08 Å². The van der Waals surface area contributed by atoms with Crippen LogP contribution in [-0.4, -0.2) is 4.98 Å². The van der Waals surface area contributed by atoms with Crippen molar-refractivity contribution >= 4 is 17.7 Å². The molecule has 1 aromatic heterocycles. The molecule has 0 bridgehead atoms. The molecule has 1 atom stereocenters. The fraction of sp³-hybridized carbons (Fsp3) is 0.300. The molecule has 0 saturated heterocycles. The van der Waals surface area contributed by atoms with Crippen LogP contribution in [0, 0.1) is 6.92 Å². The molecule has 0 aromatic carbocycles. The Morgan fingerprint density at radius 1 is 1.54 bits per heavy atom. The van der Waals surface area contributed by atoms with Gasteiger partial charge in [-0.05, 0) is 32.2 Å². The molecule has 2 nitrogen and oxygen atoms in total. The van der Waals surface area contributed by atoms with Crippen molar-refractivity contribution in [1.29, 1.82) is 0 Å². The predicted molar refractivity (Wildman–Crippen MR) is 54.6 cm³/mol. The molecule has 2 rings (SSSR count). The maximum Gasteiger partial charge on any atom is 0.0700 e. The van der Waals surface area contributed by atoms with Crippen LogP contribution < -0.4 is 5.32 Å². The lowest BCUT2D eigenvalue weighted by Gasteiger charge is -2.19. The lowest BCUT2D eigenvalue weighted by atomic mass is 10.0. The van der Waals surface area contributed by atoms with Gasteiger partial charge >= 0.3 is 0 Å². The Kier molecular flexibility index (Phi) is 2.00. The summed E-state index contributed by atoms with van der Waals surface area (Å²) in [5.74, 6) is 0. The number of halogens is 1. The van der Waals surface area contributed by atoms with Crippen molar-refractivity contribution in [3.8, 4) is 0 Å². The van der Waals surface area contributed by atoms with E-state index in [4.69, 9.17) is 11.6 Å². The van der Waals surface area contributed by atoms with E-state index in [0.29, 0.717) is 0 Å². The SMILES string of the molecule is Cc1nc2c(cc1Cl)C=CNC2C. The summed E-state index contributed by atoms with van der Waals surface area (Å²) in [5.41, 5.74) is 3.08. The van der Waals surface area contributed by atoms with Crippen molar-refractivity contribution in [2.45, 2.75) is 19.9 Å². The van der Waals surface area contributed by atoms with Gasteiger partial charge in [-0.2, -0.15) is 0 Å². The highest BCUT2D eigenvalue weighted by Crippen LogP contribution is 2.25. The molecule has 0 aliphatic carbocycles. The summed E-state index contributed by atoms with van der Waals surface area (Å²) in [4.78, 5) is 4.45. The molecule has 3 heteroatoms. The Hall–Kier alpha value is -1.02. The number of rotatable bonds is 0. The van der Waals surface area contributed by atoms with Gasteiger partial charge in [0.25, 0.3) is 0 Å². The maximum absolute atomic E-state index is 5.98. The van der Waals surface area contributed by atoms with Crippen molar-refractivity contribution < 1.29 is 0 Å². The lowest BCUT2D eigenvalue weighted by molar-refractivity contribution is 0.653. The van der Waals surface area contributed by atoms with Gasteiger partial charge in [0.2, 0.25) is 0 Å². The van der Waals surface area contributed by atoms with Crippen LogP contribution in [0.2, 0.25) is 5.02 Å². The number of fused-ring (bicyclic) bond motifs is 1. The van der Waals surface area contributed by atoms with Crippen LogP contribution in [0.5, 0.6) is 0 Å². The van der Waals surface area contributed by atoms with Gasteiger partial charge in [0, 0.05) is 5.56 Å². The number of aromatic nitrogens is 1. The van der Waals surface area contributed by atoms with Gasteiger partial charge in [-0.3, -0.25) is 4.98 Å². The number of hydrogen-bond donors (Lipinski definition) is 1. The van der Waals surface area contributed by atoms with E-state index in [0.717, 1.165) is 22.0 Å². The van der Waals surface area contributed by atoms with Gasteiger partial charge in [0.05, 0.1) is 22.5 Å². The molecule has 0 radical (unpaired) electrons. The molecule has 0 fully saturated rings. The third kappa shape index (κ3) is 1.42. The van der Waals surface area contributed by atoms with Gasteiger partial charge in [0.15, 0.2) is 0 Å². The van der Waals surface area contributed by atoms with Crippen LogP contribution in [0.1, 0.15) is 29.9 Å². The molecule has 0 saturated carbocycles. The maximum atomic E-state index is 5.98. The van der Waals surface area contributed by atoms with E-state index >= 15 is 0 Å². The average Bonchev–Trinajstić information content (AvgIpc) is 2.09. The summed E-state index contributed by atoms with van der Waals surface area (Å²) in [6.45, 7) is 4.01. The van der Waals surface area contributed by atoms with Gasteiger partial charge in [-0.1, -0.05) is 11.6 Å². The van der Waals surface area contributed by atoms with Crippen LogP contribution in [0.15, 0.2) is 12.3 Å².